The number of nitrogens with one attached hydrogen (secondary N) is 1. The molecule has 0 aliphatic carbocycles. The van der Waals surface area contributed by atoms with Gasteiger partial charge in [-0.1, -0.05) is 11.6 Å². The average Bonchev–Trinajstić information content (AvgIpc) is 2.84. The zero-order chi connectivity index (χ0) is 12.4. The van der Waals surface area contributed by atoms with E-state index < -0.39 is 0 Å². The van der Waals surface area contributed by atoms with Crippen molar-refractivity contribution in [2.24, 2.45) is 0 Å². The normalized spacial score (nSPS) is 10.5. The first-order chi connectivity index (χ1) is 8.08. The summed E-state index contributed by atoms with van der Waals surface area (Å²) in [7, 11) is 0. The fourth-order valence-corrected chi connectivity index (χ4v) is 3.90. The summed E-state index contributed by atoms with van der Waals surface area (Å²) in [6.45, 7) is 2.42. The molecule has 0 unspecified atom stereocenters. The lowest BCUT2D eigenvalue weighted by molar-refractivity contribution is 0.0955. The van der Waals surface area contributed by atoms with E-state index in [1.165, 1.54) is 11.3 Å². The Morgan fingerprint density at radius 3 is 2.82 bits per heavy atom. The molecule has 0 fully saturated rings. The van der Waals surface area contributed by atoms with Gasteiger partial charge in [0.15, 0.2) is 0 Å². The van der Waals surface area contributed by atoms with Gasteiger partial charge in [-0.15, -0.1) is 22.7 Å². The van der Waals surface area contributed by atoms with Gasteiger partial charge in [0.2, 0.25) is 0 Å². The molecule has 2 aromatic heterocycles. The van der Waals surface area contributed by atoms with Crippen LogP contribution >= 0.6 is 50.2 Å². The summed E-state index contributed by atoms with van der Waals surface area (Å²) in [5.41, 5.74) is 0.945. The Balaban J connectivity index is 2.00. The molecule has 2 heterocycles. The van der Waals surface area contributed by atoms with Crippen molar-refractivity contribution >= 4 is 56.1 Å². The molecule has 2 rings (SSSR count). The minimum absolute atomic E-state index is 0.113. The van der Waals surface area contributed by atoms with E-state index in [-0.39, 0.29) is 5.91 Å². The highest BCUT2D eigenvalue weighted by Crippen LogP contribution is 2.27. The highest BCUT2D eigenvalue weighted by atomic mass is 79.9. The highest BCUT2D eigenvalue weighted by Gasteiger charge is 2.14. The molecule has 0 atom stereocenters. The van der Waals surface area contributed by atoms with Crippen LogP contribution in [0.5, 0.6) is 0 Å². The van der Waals surface area contributed by atoms with Crippen LogP contribution in [0.3, 0.4) is 0 Å². The van der Waals surface area contributed by atoms with Crippen LogP contribution in [0.1, 0.15) is 20.1 Å². The molecule has 0 aliphatic rings. The summed E-state index contributed by atoms with van der Waals surface area (Å²) in [6, 6.07) is 3.95. The quantitative estimate of drug-likeness (QED) is 0.869. The molecule has 0 saturated carbocycles. The molecule has 0 aliphatic heterocycles. The molecule has 2 aromatic rings. The van der Waals surface area contributed by atoms with Gasteiger partial charge in [-0.25, -0.2) is 0 Å². The fourth-order valence-electron chi connectivity index (χ4n) is 1.28. The van der Waals surface area contributed by atoms with Crippen LogP contribution in [0.25, 0.3) is 0 Å². The average molecular weight is 351 g/mol. The van der Waals surface area contributed by atoms with Crippen molar-refractivity contribution in [1.29, 1.82) is 0 Å². The van der Waals surface area contributed by atoms with Gasteiger partial charge in [0.05, 0.1) is 15.4 Å². The molecule has 1 amide bonds. The number of hydrogen-bond acceptors (Lipinski definition) is 3. The van der Waals surface area contributed by atoms with Crippen molar-refractivity contribution in [1.82, 2.24) is 5.32 Å². The second-order valence-electron chi connectivity index (χ2n) is 3.45. The van der Waals surface area contributed by atoms with Gasteiger partial charge in [-0.2, -0.15) is 0 Å². The Hall–Kier alpha value is -0.360. The number of rotatable bonds is 3. The van der Waals surface area contributed by atoms with E-state index in [1.54, 1.807) is 11.3 Å². The maximum absolute atomic E-state index is 11.9. The predicted octanol–water partition coefficient (Wildman–Crippen LogP) is 4.46. The lowest BCUT2D eigenvalue weighted by Crippen LogP contribution is -2.21. The van der Waals surface area contributed by atoms with Crippen LogP contribution in [0, 0.1) is 6.92 Å². The molecule has 1 N–H and O–H groups in total. The van der Waals surface area contributed by atoms with E-state index in [0.717, 1.165) is 14.2 Å². The topological polar surface area (TPSA) is 29.1 Å². The molecule has 6 heteroatoms. The molecule has 0 bridgehead atoms. The summed E-state index contributed by atoms with van der Waals surface area (Å²) >= 11 is 12.4. The monoisotopic (exact) mass is 349 g/mol. The second kappa shape index (κ2) is 5.52. The molecular weight excluding hydrogens is 342 g/mol. The molecule has 0 aromatic carbocycles. The summed E-state index contributed by atoms with van der Waals surface area (Å²) in [4.78, 5) is 13.6. The summed E-state index contributed by atoms with van der Waals surface area (Å²) in [6.07, 6.45) is 0. The molecule has 0 radical (unpaired) electrons. The fraction of sp³-hybridized carbons (Fsp3) is 0.182. The van der Waals surface area contributed by atoms with E-state index in [9.17, 15) is 4.79 Å². The largest absolute Gasteiger partial charge is 0.346 e. The highest BCUT2D eigenvalue weighted by molar-refractivity contribution is 9.11. The number of hydrogen-bond donors (Lipinski definition) is 1. The number of aryl methyl sites for hydroxylation is 1. The predicted molar refractivity (Wildman–Crippen MR) is 77.3 cm³/mol. The van der Waals surface area contributed by atoms with Crippen LogP contribution in [0.15, 0.2) is 21.3 Å². The van der Waals surface area contributed by atoms with Gasteiger partial charge >= 0.3 is 0 Å². The third-order valence-corrected chi connectivity index (χ3v) is 5.48. The van der Waals surface area contributed by atoms with Crippen molar-refractivity contribution in [2.75, 3.05) is 0 Å². The number of amides is 1. The zero-order valence-electron chi connectivity index (χ0n) is 8.92. The van der Waals surface area contributed by atoms with E-state index >= 15 is 0 Å². The molecule has 90 valence electrons. The first-order valence-corrected chi connectivity index (χ1v) is 7.70. The van der Waals surface area contributed by atoms with Crippen molar-refractivity contribution in [3.05, 3.63) is 41.6 Å². The number of carbonyl (C=O) groups is 1. The standard InChI is InChI=1S/C11H9BrClNOS2/c1-6-5-16-10(9(6)13)11(15)14-4-7-2-3-8(12)17-7/h2-3,5H,4H2,1H3,(H,14,15). The number of carbonyl (C=O) groups excluding carboxylic acids is 1. The van der Waals surface area contributed by atoms with Gasteiger partial charge < -0.3 is 5.32 Å². The first kappa shape index (κ1) is 13.1. The Bertz CT molecular complexity index is 549. The number of halogens is 2. The maximum atomic E-state index is 11.9. The minimum atomic E-state index is -0.113. The zero-order valence-corrected chi connectivity index (χ0v) is 12.9. The molecule has 2 nitrogen and oxygen atoms in total. The Morgan fingerprint density at radius 2 is 2.29 bits per heavy atom. The second-order valence-corrected chi connectivity index (χ2v) is 7.26. The van der Waals surface area contributed by atoms with Crippen molar-refractivity contribution in [3.63, 3.8) is 0 Å². The molecule has 17 heavy (non-hydrogen) atoms. The van der Waals surface area contributed by atoms with Crippen molar-refractivity contribution in [2.45, 2.75) is 13.5 Å². The van der Waals surface area contributed by atoms with Gasteiger partial charge in [0.25, 0.3) is 5.91 Å². The van der Waals surface area contributed by atoms with Gasteiger partial charge in [0.1, 0.15) is 4.88 Å². The Kier molecular flexibility index (Phi) is 4.25. The van der Waals surface area contributed by atoms with Crippen molar-refractivity contribution < 1.29 is 4.79 Å². The summed E-state index contributed by atoms with van der Waals surface area (Å²) in [5, 5.41) is 5.30. The maximum Gasteiger partial charge on any atom is 0.263 e. The SMILES string of the molecule is Cc1csc(C(=O)NCc2ccc(Br)s2)c1Cl. The summed E-state index contributed by atoms with van der Waals surface area (Å²) in [5.74, 6) is -0.113. The third kappa shape index (κ3) is 3.10. The summed E-state index contributed by atoms with van der Waals surface area (Å²) < 4.78 is 1.06. The van der Waals surface area contributed by atoms with Crippen molar-refractivity contribution in [3.8, 4) is 0 Å². The van der Waals surface area contributed by atoms with Crippen LogP contribution in [-0.2, 0) is 6.54 Å². The minimum Gasteiger partial charge on any atom is -0.346 e. The first-order valence-electron chi connectivity index (χ1n) is 4.84. The Morgan fingerprint density at radius 1 is 1.53 bits per heavy atom. The van der Waals surface area contributed by atoms with E-state index in [0.29, 0.717) is 16.4 Å². The van der Waals surface area contributed by atoms with Gasteiger partial charge in [-0.3, -0.25) is 4.79 Å². The molecule has 0 spiro atoms. The van der Waals surface area contributed by atoms with Gasteiger partial charge in [0, 0.05) is 4.88 Å². The van der Waals surface area contributed by atoms with Gasteiger partial charge in [-0.05, 0) is 45.9 Å². The van der Waals surface area contributed by atoms with Crippen LogP contribution < -0.4 is 5.32 Å². The third-order valence-electron chi connectivity index (χ3n) is 2.16. The van der Waals surface area contributed by atoms with Crippen LogP contribution in [-0.4, -0.2) is 5.91 Å². The van der Waals surface area contributed by atoms with Crippen LogP contribution in [0.4, 0.5) is 0 Å². The number of thiophene rings is 2. The molecular formula is C11H9BrClNOS2. The smallest absolute Gasteiger partial charge is 0.263 e. The Labute approximate surface area is 121 Å². The lowest BCUT2D eigenvalue weighted by Gasteiger charge is -2.01. The molecule has 0 saturated heterocycles. The van der Waals surface area contributed by atoms with E-state index in [4.69, 9.17) is 11.6 Å². The van der Waals surface area contributed by atoms with E-state index in [1.807, 2.05) is 24.4 Å². The lowest BCUT2D eigenvalue weighted by atomic mass is 10.3. The van der Waals surface area contributed by atoms with Crippen LogP contribution in [0.2, 0.25) is 5.02 Å². The van der Waals surface area contributed by atoms with E-state index in [2.05, 4.69) is 21.2 Å².